The number of aliphatic imine (C=N–C) groups is 1. The SMILES string of the molecule is O=C(O)Cc1ccc(N=C2NC(=O)/C(=C\c3coc4ccccc4c3=O)S2)cc1. The third-order valence-corrected chi connectivity index (χ3v) is 5.08. The van der Waals surface area contributed by atoms with Crippen molar-refractivity contribution in [3.8, 4) is 0 Å². The van der Waals surface area contributed by atoms with Crippen molar-refractivity contribution in [3.63, 3.8) is 0 Å². The Labute approximate surface area is 168 Å². The van der Waals surface area contributed by atoms with Crippen molar-refractivity contribution in [2.24, 2.45) is 4.99 Å². The molecule has 1 fully saturated rings. The normalized spacial score (nSPS) is 16.5. The molecule has 3 aromatic rings. The number of nitrogens with one attached hydrogen (secondary N) is 1. The molecule has 0 bridgehead atoms. The fraction of sp³-hybridized carbons (Fsp3) is 0.0476. The molecule has 2 N–H and O–H groups in total. The molecule has 0 radical (unpaired) electrons. The molecule has 1 amide bonds. The molecule has 1 aromatic heterocycles. The Morgan fingerprint density at radius 1 is 1.14 bits per heavy atom. The molecule has 29 heavy (non-hydrogen) atoms. The molecule has 0 spiro atoms. The highest BCUT2D eigenvalue weighted by Gasteiger charge is 2.24. The number of rotatable bonds is 4. The lowest BCUT2D eigenvalue weighted by Gasteiger charge is -1.99. The Bertz CT molecular complexity index is 1240. The van der Waals surface area contributed by atoms with Crippen LogP contribution in [0.15, 0.2) is 73.9 Å². The molecule has 1 saturated heterocycles. The summed E-state index contributed by atoms with van der Waals surface area (Å²) in [5.41, 5.74) is 1.78. The number of carboxylic acid groups (broad SMARTS) is 1. The van der Waals surface area contributed by atoms with Crippen molar-refractivity contribution in [1.29, 1.82) is 0 Å². The van der Waals surface area contributed by atoms with Gasteiger partial charge in [-0.15, -0.1) is 0 Å². The van der Waals surface area contributed by atoms with Crippen LogP contribution in [0.4, 0.5) is 5.69 Å². The van der Waals surface area contributed by atoms with Crippen molar-refractivity contribution >= 4 is 51.5 Å². The van der Waals surface area contributed by atoms with E-state index in [4.69, 9.17) is 9.52 Å². The third-order valence-electron chi connectivity index (χ3n) is 4.17. The van der Waals surface area contributed by atoms with Gasteiger partial charge in [0.05, 0.1) is 28.0 Å². The van der Waals surface area contributed by atoms with E-state index in [9.17, 15) is 14.4 Å². The molecular formula is C21H14N2O5S. The van der Waals surface area contributed by atoms with Gasteiger partial charge in [-0.1, -0.05) is 24.3 Å². The van der Waals surface area contributed by atoms with E-state index in [1.54, 1.807) is 48.5 Å². The largest absolute Gasteiger partial charge is 0.481 e. The summed E-state index contributed by atoms with van der Waals surface area (Å²) in [6, 6.07) is 13.6. The second-order valence-electron chi connectivity index (χ2n) is 6.24. The predicted molar refractivity (Wildman–Crippen MR) is 111 cm³/mol. The van der Waals surface area contributed by atoms with Crippen molar-refractivity contribution in [2.45, 2.75) is 6.42 Å². The van der Waals surface area contributed by atoms with Gasteiger partial charge in [0.25, 0.3) is 5.91 Å². The minimum Gasteiger partial charge on any atom is -0.481 e. The average Bonchev–Trinajstić information content (AvgIpc) is 3.04. The Hall–Kier alpha value is -3.65. The Morgan fingerprint density at radius 3 is 2.66 bits per heavy atom. The van der Waals surface area contributed by atoms with Crippen LogP contribution in [0.3, 0.4) is 0 Å². The van der Waals surface area contributed by atoms with Crippen LogP contribution in [0.1, 0.15) is 11.1 Å². The maximum atomic E-state index is 12.6. The van der Waals surface area contributed by atoms with Crippen LogP contribution in [0.25, 0.3) is 17.0 Å². The van der Waals surface area contributed by atoms with Crippen LogP contribution in [-0.2, 0) is 16.0 Å². The summed E-state index contributed by atoms with van der Waals surface area (Å²) in [5.74, 6) is -1.26. The van der Waals surface area contributed by atoms with Crippen molar-refractivity contribution in [1.82, 2.24) is 5.32 Å². The molecule has 1 aliphatic rings. The van der Waals surface area contributed by atoms with Gasteiger partial charge in [-0.2, -0.15) is 0 Å². The molecule has 0 aliphatic carbocycles. The molecule has 0 saturated carbocycles. The number of nitrogens with zero attached hydrogens (tertiary/aromatic N) is 1. The molecule has 2 aromatic carbocycles. The molecule has 4 rings (SSSR count). The second-order valence-corrected chi connectivity index (χ2v) is 7.27. The lowest BCUT2D eigenvalue weighted by atomic mass is 10.1. The molecule has 8 heteroatoms. The molecule has 0 atom stereocenters. The van der Waals surface area contributed by atoms with Crippen molar-refractivity contribution in [3.05, 3.63) is 81.0 Å². The van der Waals surface area contributed by atoms with Gasteiger partial charge in [-0.25, -0.2) is 4.99 Å². The first-order valence-electron chi connectivity index (χ1n) is 8.60. The number of hydrogen-bond donors (Lipinski definition) is 2. The van der Waals surface area contributed by atoms with Gasteiger partial charge in [0.1, 0.15) is 11.8 Å². The number of benzene rings is 2. The van der Waals surface area contributed by atoms with E-state index in [1.807, 2.05) is 0 Å². The quantitative estimate of drug-likeness (QED) is 0.644. The Balaban J connectivity index is 1.58. The highest BCUT2D eigenvalue weighted by Crippen LogP contribution is 2.28. The Kier molecular flexibility index (Phi) is 5.01. The lowest BCUT2D eigenvalue weighted by Crippen LogP contribution is -2.19. The van der Waals surface area contributed by atoms with E-state index >= 15 is 0 Å². The van der Waals surface area contributed by atoms with Crippen molar-refractivity contribution < 1.29 is 19.1 Å². The number of fused-ring (bicyclic) bond motifs is 1. The summed E-state index contributed by atoms with van der Waals surface area (Å²) in [6.45, 7) is 0. The summed E-state index contributed by atoms with van der Waals surface area (Å²) >= 11 is 1.11. The van der Waals surface area contributed by atoms with E-state index in [-0.39, 0.29) is 23.3 Å². The summed E-state index contributed by atoms with van der Waals surface area (Å²) in [4.78, 5) is 40.3. The number of amides is 1. The fourth-order valence-corrected chi connectivity index (χ4v) is 3.63. The zero-order valence-corrected chi connectivity index (χ0v) is 15.7. The van der Waals surface area contributed by atoms with Gasteiger partial charge >= 0.3 is 5.97 Å². The van der Waals surface area contributed by atoms with Crippen LogP contribution < -0.4 is 10.7 Å². The first kappa shape index (κ1) is 18.7. The zero-order chi connectivity index (χ0) is 20.4. The topological polar surface area (TPSA) is 109 Å². The molecule has 1 aliphatic heterocycles. The number of thioether (sulfide) groups is 1. The zero-order valence-electron chi connectivity index (χ0n) is 14.9. The van der Waals surface area contributed by atoms with Crippen molar-refractivity contribution in [2.75, 3.05) is 0 Å². The van der Waals surface area contributed by atoms with E-state index in [2.05, 4.69) is 10.3 Å². The first-order chi connectivity index (χ1) is 14.0. The fourth-order valence-electron chi connectivity index (χ4n) is 2.79. The number of carboxylic acids is 1. The smallest absolute Gasteiger partial charge is 0.307 e. The average molecular weight is 406 g/mol. The number of para-hydroxylation sites is 1. The molecular weight excluding hydrogens is 392 g/mol. The summed E-state index contributed by atoms with van der Waals surface area (Å²) in [7, 11) is 0. The Morgan fingerprint density at radius 2 is 1.90 bits per heavy atom. The van der Waals surface area contributed by atoms with Crippen LogP contribution in [0, 0.1) is 0 Å². The predicted octanol–water partition coefficient (Wildman–Crippen LogP) is 3.31. The van der Waals surface area contributed by atoms with E-state index in [0.29, 0.717) is 32.3 Å². The van der Waals surface area contributed by atoms with Gasteiger partial charge in [0, 0.05) is 0 Å². The van der Waals surface area contributed by atoms with Crippen LogP contribution in [-0.4, -0.2) is 22.2 Å². The van der Waals surface area contributed by atoms with E-state index in [1.165, 1.54) is 12.3 Å². The standard InChI is InChI=1S/C21H14N2O5S/c24-18(25)9-12-5-7-14(8-6-12)22-21-23-20(27)17(29-21)10-13-11-28-16-4-2-1-3-15(16)19(13)26/h1-8,10-11H,9H2,(H,24,25)(H,22,23,27)/b17-10+. The minimum absolute atomic E-state index is 0.0659. The van der Waals surface area contributed by atoms with Gasteiger partial charge in [-0.05, 0) is 47.7 Å². The summed E-state index contributed by atoms with van der Waals surface area (Å²) in [5, 5.41) is 12.3. The van der Waals surface area contributed by atoms with Gasteiger partial charge in [0.2, 0.25) is 0 Å². The highest BCUT2D eigenvalue weighted by atomic mass is 32.2. The second kappa shape index (κ2) is 7.76. The lowest BCUT2D eigenvalue weighted by molar-refractivity contribution is -0.136. The van der Waals surface area contributed by atoms with Crippen LogP contribution >= 0.6 is 11.8 Å². The molecule has 0 unspecified atom stereocenters. The highest BCUT2D eigenvalue weighted by molar-refractivity contribution is 8.18. The number of amidine groups is 1. The van der Waals surface area contributed by atoms with Gasteiger partial charge in [-0.3, -0.25) is 14.4 Å². The van der Waals surface area contributed by atoms with E-state index < -0.39 is 5.97 Å². The number of carbonyl (C=O) groups is 2. The minimum atomic E-state index is -0.907. The number of aliphatic carboxylic acids is 1. The van der Waals surface area contributed by atoms with Crippen LogP contribution in [0.2, 0.25) is 0 Å². The maximum absolute atomic E-state index is 12.6. The molecule has 2 heterocycles. The first-order valence-corrected chi connectivity index (χ1v) is 9.42. The van der Waals surface area contributed by atoms with Gasteiger partial charge in [0.15, 0.2) is 10.6 Å². The summed E-state index contributed by atoms with van der Waals surface area (Å²) in [6.07, 6.45) is 2.75. The van der Waals surface area contributed by atoms with Crippen LogP contribution in [0.5, 0.6) is 0 Å². The number of carbonyl (C=O) groups excluding carboxylic acids is 1. The summed E-state index contributed by atoms with van der Waals surface area (Å²) < 4.78 is 5.47. The van der Waals surface area contributed by atoms with E-state index in [0.717, 1.165) is 11.8 Å². The monoisotopic (exact) mass is 406 g/mol. The maximum Gasteiger partial charge on any atom is 0.307 e. The van der Waals surface area contributed by atoms with Gasteiger partial charge < -0.3 is 14.8 Å². The third kappa shape index (κ3) is 4.12. The molecule has 144 valence electrons. The molecule has 7 nitrogen and oxygen atoms in total. The number of hydrogen-bond acceptors (Lipinski definition) is 6.